The molecule has 0 radical (unpaired) electrons. The maximum absolute atomic E-state index is 12.7. The zero-order valence-corrected chi connectivity index (χ0v) is 12.3. The number of hydrogen-bond donors (Lipinski definition) is 0. The van der Waals surface area contributed by atoms with E-state index in [4.69, 9.17) is 0 Å². The summed E-state index contributed by atoms with van der Waals surface area (Å²) in [4.78, 5) is 19.2. The van der Waals surface area contributed by atoms with Crippen molar-refractivity contribution in [1.82, 2.24) is 19.7 Å². The van der Waals surface area contributed by atoms with E-state index in [-0.39, 0.29) is 5.91 Å². The number of fused-ring (bicyclic) bond motifs is 1. The number of rotatable bonds is 2. The number of carbonyl (C=O) groups excluding carboxylic acids is 1. The van der Waals surface area contributed by atoms with Crippen LogP contribution in [0.4, 0.5) is 0 Å². The third kappa shape index (κ3) is 1.97. The number of hydrogen-bond acceptors (Lipinski definition) is 3. The van der Waals surface area contributed by atoms with Crippen LogP contribution in [0.1, 0.15) is 41.5 Å². The van der Waals surface area contributed by atoms with Crippen molar-refractivity contribution in [3.05, 3.63) is 23.0 Å². The van der Waals surface area contributed by atoms with Crippen LogP contribution in [0.3, 0.4) is 0 Å². The molecule has 0 unspecified atom stereocenters. The van der Waals surface area contributed by atoms with Crippen molar-refractivity contribution in [3.8, 4) is 0 Å². The van der Waals surface area contributed by atoms with Crippen LogP contribution < -0.4 is 0 Å². The van der Waals surface area contributed by atoms with Gasteiger partial charge in [0.1, 0.15) is 0 Å². The lowest BCUT2D eigenvalue weighted by Crippen LogP contribution is -2.28. The van der Waals surface area contributed by atoms with E-state index in [9.17, 15) is 4.79 Å². The van der Waals surface area contributed by atoms with E-state index >= 15 is 0 Å². The van der Waals surface area contributed by atoms with Crippen molar-refractivity contribution >= 4 is 16.9 Å². The number of likely N-dealkylation sites (tertiary alicyclic amines) is 1. The van der Waals surface area contributed by atoms with E-state index in [1.165, 1.54) is 0 Å². The highest BCUT2D eigenvalue weighted by Crippen LogP contribution is 2.24. The molecule has 0 saturated carbocycles. The van der Waals surface area contributed by atoms with Gasteiger partial charge in [0, 0.05) is 25.3 Å². The van der Waals surface area contributed by atoms with E-state index in [0.29, 0.717) is 0 Å². The third-order valence-electron chi connectivity index (χ3n) is 3.93. The van der Waals surface area contributed by atoms with E-state index in [1.807, 2.05) is 36.4 Å². The van der Waals surface area contributed by atoms with E-state index in [0.717, 1.165) is 60.5 Å². The first-order chi connectivity index (χ1) is 9.61. The minimum Gasteiger partial charge on any atom is -0.339 e. The average Bonchev–Trinajstić information content (AvgIpc) is 3.05. The molecule has 3 heterocycles. The van der Waals surface area contributed by atoms with Crippen LogP contribution in [-0.2, 0) is 6.54 Å². The molecule has 0 N–H and O–H groups in total. The number of carbonyl (C=O) groups is 1. The smallest absolute Gasteiger partial charge is 0.254 e. The second-order valence-electron chi connectivity index (χ2n) is 5.41. The Bertz CT molecular complexity index is 668. The molecule has 5 nitrogen and oxygen atoms in total. The first-order valence-electron chi connectivity index (χ1n) is 7.26. The number of amides is 1. The summed E-state index contributed by atoms with van der Waals surface area (Å²) < 4.78 is 1.87. The first-order valence-corrected chi connectivity index (χ1v) is 7.26. The maximum atomic E-state index is 12.7. The first kappa shape index (κ1) is 13.1. The van der Waals surface area contributed by atoms with Crippen LogP contribution >= 0.6 is 0 Å². The van der Waals surface area contributed by atoms with E-state index in [1.54, 1.807) is 0 Å². The van der Waals surface area contributed by atoms with Gasteiger partial charge in [-0.05, 0) is 39.7 Å². The molecule has 1 amide bonds. The molecule has 2 aromatic rings. The Balaban J connectivity index is 2.18. The van der Waals surface area contributed by atoms with Gasteiger partial charge < -0.3 is 4.90 Å². The van der Waals surface area contributed by atoms with E-state index in [2.05, 4.69) is 10.1 Å². The number of aromatic nitrogens is 3. The minimum atomic E-state index is 0.122. The molecule has 3 rings (SSSR count). The molecule has 0 atom stereocenters. The lowest BCUT2D eigenvalue weighted by atomic mass is 10.1. The van der Waals surface area contributed by atoms with Crippen LogP contribution in [-0.4, -0.2) is 38.7 Å². The summed E-state index contributed by atoms with van der Waals surface area (Å²) in [6.45, 7) is 8.41. The van der Waals surface area contributed by atoms with Gasteiger partial charge in [0.25, 0.3) is 5.91 Å². The fraction of sp³-hybridized carbons (Fsp3) is 0.533. The molecule has 1 fully saturated rings. The molecule has 20 heavy (non-hydrogen) atoms. The van der Waals surface area contributed by atoms with Gasteiger partial charge in [-0.1, -0.05) is 0 Å². The second kappa shape index (κ2) is 4.89. The molecule has 2 aromatic heterocycles. The summed E-state index contributed by atoms with van der Waals surface area (Å²) in [5.41, 5.74) is 3.34. The van der Waals surface area contributed by atoms with Gasteiger partial charge in [-0.2, -0.15) is 5.10 Å². The van der Waals surface area contributed by atoms with Crippen molar-refractivity contribution in [3.63, 3.8) is 0 Å². The average molecular weight is 272 g/mol. The summed E-state index contributed by atoms with van der Waals surface area (Å²) >= 11 is 0. The molecule has 1 aliphatic heterocycles. The molecule has 5 heteroatoms. The van der Waals surface area contributed by atoms with Gasteiger partial charge in [-0.15, -0.1) is 0 Å². The summed E-state index contributed by atoms with van der Waals surface area (Å²) in [6.07, 6.45) is 2.21. The monoisotopic (exact) mass is 272 g/mol. The second-order valence-corrected chi connectivity index (χ2v) is 5.41. The Hall–Kier alpha value is -1.91. The van der Waals surface area contributed by atoms with Crippen LogP contribution in [0.5, 0.6) is 0 Å². The van der Waals surface area contributed by atoms with Gasteiger partial charge >= 0.3 is 0 Å². The zero-order chi connectivity index (χ0) is 14.3. The van der Waals surface area contributed by atoms with Crippen LogP contribution in [0.2, 0.25) is 0 Å². The lowest BCUT2D eigenvalue weighted by molar-refractivity contribution is 0.0794. The van der Waals surface area contributed by atoms with Gasteiger partial charge in [-0.25, -0.2) is 9.67 Å². The fourth-order valence-electron chi connectivity index (χ4n) is 2.96. The van der Waals surface area contributed by atoms with Crippen molar-refractivity contribution in [2.24, 2.45) is 0 Å². The highest BCUT2D eigenvalue weighted by Gasteiger charge is 2.24. The Morgan fingerprint density at radius 3 is 2.65 bits per heavy atom. The minimum absolute atomic E-state index is 0.122. The lowest BCUT2D eigenvalue weighted by Gasteiger charge is -2.16. The molecule has 1 saturated heterocycles. The Morgan fingerprint density at radius 2 is 2.00 bits per heavy atom. The van der Waals surface area contributed by atoms with E-state index < -0.39 is 0 Å². The van der Waals surface area contributed by atoms with Gasteiger partial charge in [0.05, 0.1) is 16.6 Å². The molecule has 0 aromatic carbocycles. The molecule has 0 bridgehead atoms. The number of aryl methyl sites for hydroxylation is 3. The predicted octanol–water partition coefficient (Wildman–Crippen LogP) is 2.30. The van der Waals surface area contributed by atoms with Crippen LogP contribution in [0, 0.1) is 13.8 Å². The van der Waals surface area contributed by atoms with Crippen molar-refractivity contribution in [2.75, 3.05) is 13.1 Å². The quantitative estimate of drug-likeness (QED) is 0.843. The molecular formula is C15H20N4O. The highest BCUT2D eigenvalue weighted by atomic mass is 16.2. The van der Waals surface area contributed by atoms with Crippen LogP contribution in [0.25, 0.3) is 11.0 Å². The summed E-state index contributed by atoms with van der Waals surface area (Å²) in [5.74, 6) is 0.122. The summed E-state index contributed by atoms with van der Waals surface area (Å²) in [6, 6.07) is 1.90. The normalized spacial score (nSPS) is 15.2. The van der Waals surface area contributed by atoms with Gasteiger partial charge in [-0.3, -0.25) is 4.79 Å². The standard InChI is InChI=1S/C15H20N4O/c1-4-19-14-13(11(3)17-19)12(9-10(2)16-14)15(20)18-7-5-6-8-18/h9H,4-8H2,1-3H3. The van der Waals surface area contributed by atoms with Gasteiger partial charge in [0.2, 0.25) is 0 Å². The molecule has 0 aliphatic carbocycles. The topological polar surface area (TPSA) is 51.0 Å². The molecule has 106 valence electrons. The number of nitrogens with zero attached hydrogens (tertiary/aromatic N) is 4. The molecule has 1 aliphatic rings. The van der Waals surface area contributed by atoms with Crippen LogP contribution in [0.15, 0.2) is 6.07 Å². The number of pyridine rings is 1. The van der Waals surface area contributed by atoms with Gasteiger partial charge in [0.15, 0.2) is 5.65 Å². The SMILES string of the molecule is CCn1nc(C)c2c(C(=O)N3CCCC3)cc(C)nc21. The summed E-state index contributed by atoms with van der Waals surface area (Å²) in [7, 11) is 0. The zero-order valence-electron chi connectivity index (χ0n) is 12.3. The molecular weight excluding hydrogens is 252 g/mol. The van der Waals surface area contributed by atoms with Crippen molar-refractivity contribution in [1.29, 1.82) is 0 Å². The molecule has 0 spiro atoms. The Morgan fingerprint density at radius 1 is 1.30 bits per heavy atom. The predicted molar refractivity (Wildman–Crippen MR) is 77.8 cm³/mol. The largest absolute Gasteiger partial charge is 0.339 e. The Labute approximate surface area is 118 Å². The Kier molecular flexibility index (Phi) is 3.20. The maximum Gasteiger partial charge on any atom is 0.254 e. The summed E-state index contributed by atoms with van der Waals surface area (Å²) in [5, 5.41) is 5.41. The van der Waals surface area contributed by atoms with Crippen molar-refractivity contribution in [2.45, 2.75) is 40.2 Å². The van der Waals surface area contributed by atoms with Crippen molar-refractivity contribution < 1.29 is 4.79 Å². The third-order valence-corrected chi connectivity index (χ3v) is 3.93. The highest BCUT2D eigenvalue weighted by molar-refractivity contribution is 6.06. The fourth-order valence-corrected chi connectivity index (χ4v) is 2.96.